The van der Waals surface area contributed by atoms with Gasteiger partial charge in [0.1, 0.15) is 5.75 Å². The predicted molar refractivity (Wildman–Crippen MR) is 102 cm³/mol. The van der Waals surface area contributed by atoms with Gasteiger partial charge in [0, 0.05) is 0 Å². The van der Waals surface area contributed by atoms with Crippen molar-refractivity contribution in [2.45, 2.75) is 47.0 Å². The standard InChI is InChI=1S/C19H26OSi2/c1-12-8-15-16-11-17(20)14(3)10-19(16)22(6,7)21(4,5)18(15)9-13(12)2/h8-11,20H,1-7H3. The smallest absolute Gasteiger partial charge is 0.119 e. The zero-order valence-electron chi connectivity index (χ0n) is 14.8. The van der Waals surface area contributed by atoms with E-state index in [0.717, 1.165) is 5.56 Å². The fraction of sp³-hybridized carbons (Fsp3) is 0.368. The number of aromatic hydroxyl groups is 1. The first kappa shape index (κ1) is 15.6. The molecule has 0 saturated carbocycles. The quantitative estimate of drug-likeness (QED) is 0.728. The lowest BCUT2D eigenvalue weighted by molar-refractivity contribution is 0.471. The normalized spacial score (nSPS) is 17.8. The Labute approximate surface area is 135 Å². The molecule has 0 bridgehead atoms. The molecule has 22 heavy (non-hydrogen) atoms. The number of rotatable bonds is 0. The van der Waals surface area contributed by atoms with Crippen LogP contribution in [-0.2, 0) is 0 Å². The van der Waals surface area contributed by atoms with E-state index in [9.17, 15) is 5.11 Å². The molecular formula is C19H26OSi2. The topological polar surface area (TPSA) is 20.2 Å². The average Bonchev–Trinajstić information content (AvgIpc) is 2.42. The third-order valence-electron chi connectivity index (χ3n) is 6.17. The summed E-state index contributed by atoms with van der Waals surface area (Å²) >= 11 is 0. The van der Waals surface area contributed by atoms with Gasteiger partial charge >= 0.3 is 0 Å². The SMILES string of the molecule is Cc1cc2c(cc1C)[Si](C)(C)[Si](C)(C)c1cc(C)c(O)cc1-2. The Kier molecular flexibility index (Phi) is 3.25. The molecule has 3 heteroatoms. The van der Waals surface area contributed by atoms with Crippen LogP contribution in [0.3, 0.4) is 0 Å². The van der Waals surface area contributed by atoms with Gasteiger partial charge in [-0.2, -0.15) is 0 Å². The van der Waals surface area contributed by atoms with Gasteiger partial charge in [-0.05, 0) is 54.7 Å². The minimum atomic E-state index is -1.56. The Hall–Kier alpha value is -1.33. The van der Waals surface area contributed by atoms with Crippen LogP contribution in [0, 0.1) is 20.8 Å². The van der Waals surface area contributed by atoms with Crippen LogP contribution < -0.4 is 10.4 Å². The molecule has 0 saturated heterocycles. The minimum absolute atomic E-state index is 0.425. The average molecular weight is 327 g/mol. The van der Waals surface area contributed by atoms with Crippen molar-refractivity contribution in [3.63, 3.8) is 0 Å². The van der Waals surface area contributed by atoms with Gasteiger partial charge in [0.05, 0.1) is 15.2 Å². The molecule has 2 aromatic rings. The summed E-state index contributed by atoms with van der Waals surface area (Å²) < 4.78 is 0. The van der Waals surface area contributed by atoms with E-state index < -0.39 is 15.2 Å². The molecular weight excluding hydrogens is 300 g/mol. The summed E-state index contributed by atoms with van der Waals surface area (Å²) in [6, 6.07) is 9.06. The summed E-state index contributed by atoms with van der Waals surface area (Å²) in [6.07, 6.45) is 0. The molecule has 1 N–H and O–H groups in total. The molecule has 0 fully saturated rings. The van der Waals surface area contributed by atoms with Gasteiger partial charge in [0.25, 0.3) is 0 Å². The van der Waals surface area contributed by atoms with Gasteiger partial charge < -0.3 is 5.11 Å². The Morgan fingerprint density at radius 2 is 1.05 bits per heavy atom. The van der Waals surface area contributed by atoms with Gasteiger partial charge in [0.2, 0.25) is 0 Å². The first-order valence-electron chi connectivity index (χ1n) is 8.03. The van der Waals surface area contributed by atoms with Crippen molar-refractivity contribution in [3.05, 3.63) is 41.0 Å². The summed E-state index contributed by atoms with van der Waals surface area (Å²) in [5.41, 5.74) is 6.40. The van der Waals surface area contributed by atoms with Crippen molar-refractivity contribution < 1.29 is 5.11 Å². The van der Waals surface area contributed by atoms with Crippen LogP contribution in [0.1, 0.15) is 16.7 Å². The van der Waals surface area contributed by atoms with Crippen LogP contribution >= 0.6 is 0 Å². The Bertz CT molecular complexity index is 721. The Morgan fingerprint density at radius 3 is 1.59 bits per heavy atom. The number of hydrogen-bond donors (Lipinski definition) is 1. The first-order chi connectivity index (χ1) is 10.1. The van der Waals surface area contributed by atoms with Crippen molar-refractivity contribution >= 4 is 25.6 Å². The van der Waals surface area contributed by atoms with Crippen molar-refractivity contribution in [1.82, 2.24) is 0 Å². The van der Waals surface area contributed by atoms with Crippen molar-refractivity contribution in [3.8, 4) is 16.9 Å². The van der Waals surface area contributed by atoms with E-state index in [2.05, 4.69) is 58.2 Å². The molecule has 1 aliphatic heterocycles. The van der Waals surface area contributed by atoms with Crippen molar-refractivity contribution in [2.75, 3.05) is 0 Å². The highest BCUT2D eigenvalue weighted by Gasteiger charge is 2.49. The van der Waals surface area contributed by atoms with Gasteiger partial charge in [-0.3, -0.25) is 0 Å². The highest BCUT2D eigenvalue weighted by molar-refractivity contribution is 7.50. The number of aryl methyl sites for hydroxylation is 3. The molecule has 2 aromatic carbocycles. The maximum absolute atomic E-state index is 10.3. The largest absolute Gasteiger partial charge is 0.508 e. The van der Waals surface area contributed by atoms with Crippen molar-refractivity contribution in [2.24, 2.45) is 0 Å². The summed E-state index contributed by atoms with van der Waals surface area (Å²) in [5.74, 6) is 0.425. The lowest BCUT2D eigenvalue weighted by Crippen LogP contribution is -2.72. The van der Waals surface area contributed by atoms with Crippen LogP contribution in [0.4, 0.5) is 0 Å². The van der Waals surface area contributed by atoms with Crippen LogP contribution in [0.25, 0.3) is 11.1 Å². The highest BCUT2D eigenvalue weighted by Crippen LogP contribution is 2.36. The van der Waals surface area contributed by atoms with Gasteiger partial charge in [-0.1, -0.05) is 54.8 Å². The lowest BCUT2D eigenvalue weighted by atomic mass is 9.99. The molecule has 1 aliphatic rings. The van der Waals surface area contributed by atoms with Crippen LogP contribution in [0.5, 0.6) is 5.75 Å². The predicted octanol–water partition coefficient (Wildman–Crippen LogP) is 3.91. The van der Waals surface area contributed by atoms with E-state index in [-0.39, 0.29) is 0 Å². The number of hydrogen-bond acceptors (Lipinski definition) is 1. The lowest BCUT2D eigenvalue weighted by Gasteiger charge is -2.46. The zero-order valence-corrected chi connectivity index (χ0v) is 16.8. The second-order valence-corrected chi connectivity index (χ2v) is 23.0. The number of benzene rings is 2. The molecule has 3 rings (SSSR count). The van der Waals surface area contributed by atoms with E-state index in [1.165, 1.54) is 27.4 Å². The van der Waals surface area contributed by atoms with Crippen molar-refractivity contribution in [1.29, 1.82) is 0 Å². The van der Waals surface area contributed by atoms with Crippen LogP contribution in [-0.4, -0.2) is 20.3 Å². The van der Waals surface area contributed by atoms with Gasteiger partial charge in [-0.15, -0.1) is 0 Å². The van der Waals surface area contributed by atoms with E-state index in [0.29, 0.717) is 5.75 Å². The maximum atomic E-state index is 10.3. The second kappa shape index (κ2) is 4.59. The molecule has 0 unspecified atom stereocenters. The van der Waals surface area contributed by atoms with Crippen LogP contribution in [0.15, 0.2) is 24.3 Å². The third-order valence-corrected chi connectivity index (χ3v) is 23.8. The summed E-state index contributed by atoms with van der Waals surface area (Å²) in [4.78, 5) is 0. The van der Waals surface area contributed by atoms with E-state index in [4.69, 9.17) is 0 Å². The second-order valence-electron chi connectivity index (χ2n) is 7.92. The fourth-order valence-electron chi connectivity index (χ4n) is 3.67. The van der Waals surface area contributed by atoms with Gasteiger partial charge in [0.15, 0.2) is 0 Å². The number of fused-ring (bicyclic) bond motifs is 3. The molecule has 0 aromatic heterocycles. The first-order valence-corrected chi connectivity index (χ1v) is 15.0. The highest BCUT2D eigenvalue weighted by atomic mass is 29.3. The Balaban J connectivity index is 2.47. The molecule has 1 nitrogen and oxygen atoms in total. The number of phenols is 1. The molecule has 0 aliphatic carbocycles. The third kappa shape index (κ3) is 1.88. The summed E-state index contributed by atoms with van der Waals surface area (Å²) in [5, 5.41) is 13.4. The Morgan fingerprint density at radius 1 is 0.636 bits per heavy atom. The summed E-state index contributed by atoms with van der Waals surface area (Å²) in [7, 11) is -3.08. The molecule has 0 radical (unpaired) electrons. The maximum Gasteiger partial charge on any atom is 0.119 e. The van der Waals surface area contributed by atoms with E-state index >= 15 is 0 Å². The van der Waals surface area contributed by atoms with E-state index in [1.54, 1.807) is 5.19 Å². The zero-order chi connectivity index (χ0) is 16.4. The minimum Gasteiger partial charge on any atom is -0.508 e. The van der Waals surface area contributed by atoms with Crippen LogP contribution in [0.2, 0.25) is 26.2 Å². The van der Waals surface area contributed by atoms with E-state index in [1.807, 2.05) is 13.0 Å². The molecule has 1 heterocycles. The van der Waals surface area contributed by atoms with Gasteiger partial charge in [-0.25, -0.2) is 0 Å². The molecule has 0 amide bonds. The number of phenolic OH excluding ortho intramolecular Hbond substituents is 1. The fourth-order valence-corrected chi connectivity index (χ4v) is 13.2. The molecule has 116 valence electrons. The molecule has 0 atom stereocenters. The molecule has 0 spiro atoms. The summed E-state index contributed by atoms with van der Waals surface area (Å²) in [6.45, 7) is 16.5. The monoisotopic (exact) mass is 326 g/mol.